The zero-order chi connectivity index (χ0) is 30.1. The standard InChI is InChI=1S/C34H28N2O6S/c1-20-9-11-22(12-10-20)31(37)29-30(23-13-16-26(27(17-23)41-3)42-19-21-7-5-4-6-8-21)36(33(39)32(29)38)34-35-25-15-14-24(40-2)18-28(25)43-34/h4-18,30,37H,19H2,1-3H3/b31-29+. The lowest BCUT2D eigenvalue weighted by Crippen LogP contribution is -2.29. The number of ketones is 1. The van der Waals surface area contributed by atoms with E-state index in [4.69, 9.17) is 14.2 Å². The van der Waals surface area contributed by atoms with Crippen LogP contribution in [0.25, 0.3) is 16.0 Å². The molecule has 216 valence electrons. The highest BCUT2D eigenvalue weighted by atomic mass is 32.1. The Balaban J connectivity index is 1.47. The number of carbonyl (C=O) groups is 2. The van der Waals surface area contributed by atoms with E-state index in [0.29, 0.717) is 45.6 Å². The number of methoxy groups -OCH3 is 2. The summed E-state index contributed by atoms with van der Waals surface area (Å²) in [6.07, 6.45) is 0. The number of hydrogen-bond donors (Lipinski definition) is 1. The first-order valence-electron chi connectivity index (χ1n) is 13.5. The quantitative estimate of drug-likeness (QED) is 0.120. The summed E-state index contributed by atoms with van der Waals surface area (Å²) < 4.78 is 17.9. The molecule has 0 spiro atoms. The summed E-state index contributed by atoms with van der Waals surface area (Å²) in [5, 5.41) is 11.8. The lowest BCUT2D eigenvalue weighted by Gasteiger charge is -2.24. The van der Waals surface area contributed by atoms with Gasteiger partial charge in [-0.2, -0.15) is 0 Å². The van der Waals surface area contributed by atoms with Crippen molar-refractivity contribution in [3.8, 4) is 17.2 Å². The molecule has 43 heavy (non-hydrogen) atoms. The molecule has 1 N–H and O–H groups in total. The Bertz CT molecular complexity index is 1860. The van der Waals surface area contributed by atoms with Crippen molar-refractivity contribution in [1.29, 1.82) is 0 Å². The highest BCUT2D eigenvalue weighted by molar-refractivity contribution is 7.22. The normalized spacial score (nSPS) is 16.1. The Morgan fingerprint density at radius 3 is 2.40 bits per heavy atom. The van der Waals surface area contributed by atoms with Crippen LogP contribution >= 0.6 is 11.3 Å². The third-order valence-corrected chi connectivity index (χ3v) is 8.32. The van der Waals surface area contributed by atoms with Crippen LogP contribution in [-0.4, -0.2) is 36.0 Å². The zero-order valence-corrected chi connectivity index (χ0v) is 24.6. The number of aliphatic hydroxyl groups is 1. The Morgan fingerprint density at radius 1 is 0.907 bits per heavy atom. The number of anilines is 1. The number of aryl methyl sites for hydroxylation is 1. The van der Waals surface area contributed by atoms with Gasteiger partial charge >= 0.3 is 5.91 Å². The minimum atomic E-state index is -0.971. The van der Waals surface area contributed by atoms with E-state index < -0.39 is 17.7 Å². The topological polar surface area (TPSA) is 98.2 Å². The van der Waals surface area contributed by atoms with Crippen LogP contribution in [0.1, 0.15) is 28.3 Å². The molecule has 8 nitrogen and oxygen atoms in total. The lowest BCUT2D eigenvalue weighted by molar-refractivity contribution is -0.132. The number of thiazole rings is 1. The maximum absolute atomic E-state index is 13.7. The minimum Gasteiger partial charge on any atom is -0.507 e. The number of aliphatic hydroxyl groups excluding tert-OH is 1. The molecule has 9 heteroatoms. The van der Waals surface area contributed by atoms with Crippen molar-refractivity contribution in [3.63, 3.8) is 0 Å². The van der Waals surface area contributed by atoms with Crippen molar-refractivity contribution < 1.29 is 28.9 Å². The van der Waals surface area contributed by atoms with E-state index in [-0.39, 0.29) is 11.3 Å². The molecule has 6 rings (SSSR count). The average molecular weight is 593 g/mol. The van der Waals surface area contributed by atoms with Crippen molar-refractivity contribution in [3.05, 3.63) is 119 Å². The van der Waals surface area contributed by atoms with Gasteiger partial charge in [0.05, 0.1) is 36.1 Å². The molecule has 1 atom stereocenters. The molecule has 1 aliphatic rings. The summed E-state index contributed by atoms with van der Waals surface area (Å²) >= 11 is 1.26. The maximum atomic E-state index is 13.7. The molecule has 5 aromatic rings. The fourth-order valence-electron chi connectivity index (χ4n) is 5.04. The molecule has 1 amide bonds. The van der Waals surface area contributed by atoms with Gasteiger partial charge in [-0.3, -0.25) is 14.5 Å². The number of benzene rings is 4. The molecule has 1 saturated heterocycles. The van der Waals surface area contributed by atoms with Gasteiger partial charge in [0.2, 0.25) is 0 Å². The molecule has 0 radical (unpaired) electrons. The van der Waals surface area contributed by atoms with E-state index >= 15 is 0 Å². The van der Waals surface area contributed by atoms with Crippen molar-refractivity contribution >= 4 is 44.1 Å². The van der Waals surface area contributed by atoms with Gasteiger partial charge in [0.15, 0.2) is 16.6 Å². The second kappa shape index (κ2) is 11.6. The minimum absolute atomic E-state index is 0.0364. The van der Waals surface area contributed by atoms with Crippen molar-refractivity contribution in [1.82, 2.24) is 4.98 Å². The largest absolute Gasteiger partial charge is 0.507 e. The van der Waals surface area contributed by atoms with Crippen LogP contribution in [0.3, 0.4) is 0 Å². The summed E-state index contributed by atoms with van der Waals surface area (Å²) in [5.41, 5.74) is 3.58. The van der Waals surface area contributed by atoms with Crippen LogP contribution in [-0.2, 0) is 16.2 Å². The van der Waals surface area contributed by atoms with Crippen molar-refractivity contribution in [2.24, 2.45) is 0 Å². The first kappa shape index (κ1) is 28.0. The summed E-state index contributed by atoms with van der Waals surface area (Å²) in [6, 6.07) is 26.5. The van der Waals surface area contributed by atoms with Crippen LogP contribution in [0.5, 0.6) is 17.2 Å². The first-order valence-corrected chi connectivity index (χ1v) is 14.4. The number of rotatable bonds is 8. The summed E-state index contributed by atoms with van der Waals surface area (Å²) in [6.45, 7) is 2.26. The number of carbonyl (C=O) groups excluding carboxylic acids is 2. The SMILES string of the molecule is COc1ccc2nc(N3C(=O)C(=O)/C(=C(/O)c4ccc(C)cc4)C3c3ccc(OCc4ccccc4)c(OC)c3)sc2c1. The summed E-state index contributed by atoms with van der Waals surface area (Å²) in [7, 11) is 3.10. The van der Waals surface area contributed by atoms with E-state index in [2.05, 4.69) is 4.98 Å². The van der Waals surface area contributed by atoms with Crippen LogP contribution in [0, 0.1) is 6.92 Å². The number of aromatic nitrogens is 1. The number of nitrogens with zero attached hydrogens (tertiary/aromatic N) is 2. The molecule has 1 aliphatic heterocycles. The average Bonchev–Trinajstić information content (AvgIpc) is 3.57. The van der Waals surface area contributed by atoms with Crippen molar-refractivity contribution in [2.45, 2.75) is 19.6 Å². The number of hydrogen-bond acceptors (Lipinski definition) is 8. The fourth-order valence-corrected chi connectivity index (χ4v) is 6.06. The number of ether oxygens (including phenoxy) is 3. The molecule has 4 aromatic carbocycles. The van der Waals surface area contributed by atoms with E-state index in [1.165, 1.54) is 23.3 Å². The van der Waals surface area contributed by atoms with Gasteiger partial charge < -0.3 is 19.3 Å². The molecule has 1 fully saturated rings. The fraction of sp³-hybridized carbons (Fsp3) is 0.147. The summed E-state index contributed by atoms with van der Waals surface area (Å²) in [5.74, 6) is -0.286. The Hall–Kier alpha value is -5.15. The van der Waals surface area contributed by atoms with Gasteiger partial charge in [0.1, 0.15) is 18.1 Å². The lowest BCUT2D eigenvalue weighted by atomic mass is 9.95. The van der Waals surface area contributed by atoms with Crippen LogP contribution < -0.4 is 19.1 Å². The monoisotopic (exact) mass is 592 g/mol. The first-order chi connectivity index (χ1) is 20.9. The third kappa shape index (κ3) is 5.30. The molecule has 1 aromatic heterocycles. The smallest absolute Gasteiger partial charge is 0.301 e. The highest BCUT2D eigenvalue weighted by Gasteiger charge is 2.48. The van der Waals surface area contributed by atoms with Crippen LogP contribution in [0.4, 0.5) is 5.13 Å². The Kier molecular flexibility index (Phi) is 7.56. The predicted octanol–water partition coefficient (Wildman–Crippen LogP) is 6.83. The van der Waals surface area contributed by atoms with E-state index in [9.17, 15) is 14.7 Å². The van der Waals surface area contributed by atoms with Crippen LogP contribution in [0.2, 0.25) is 0 Å². The van der Waals surface area contributed by atoms with Gasteiger partial charge in [-0.05, 0) is 48.4 Å². The van der Waals surface area contributed by atoms with Crippen molar-refractivity contribution in [2.75, 3.05) is 19.1 Å². The molecular weight excluding hydrogens is 564 g/mol. The molecule has 2 heterocycles. The van der Waals surface area contributed by atoms with E-state index in [0.717, 1.165) is 15.8 Å². The van der Waals surface area contributed by atoms with Gasteiger partial charge in [0.25, 0.3) is 5.78 Å². The molecule has 0 bridgehead atoms. The van der Waals surface area contributed by atoms with Gasteiger partial charge in [-0.25, -0.2) is 4.98 Å². The second-order valence-corrected chi connectivity index (χ2v) is 11.1. The molecule has 1 unspecified atom stereocenters. The predicted molar refractivity (Wildman–Crippen MR) is 166 cm³/mol. The maximum Gasteiger partial charge on any atom is 0.301 e. The molecular formula is C34H28N2O6S. The van der Waals surface area contributed by atoms with Crippen LogP contribution in [0.15, 0.2) is 96.6 Å². The van der Waals surface area contributed by atoms with Gasteiger partial charge in [-0.15, -0.1) is 0 Å². The number of Topliss-reactive ketones (excluding diaryl/α,β-unsaturated/α-hetero) is 1. The molecule has 0 aliphatic carbocycles. The summed E-state index contributed by atoms with van der Waals surface area (Å²) in [4.78, 5) is 33.4. The molecule has 0 saturated carbocycles. The second-order valence-electron chi connectivity index (χ2n) is 10.0. The van der Waals surface area contributed by atoms with E-state index in [1.807, 2.05) is 55.5 Å². The van der Waals surface area contributed by atoms with Gasteiger partial charge in [-0.1, -0.05) is 77.6 Å². The third-order valence-electron chi connectivity index (χ3n) is 7.30. The Morgan fingerprint density at radius 2 is 1.67 bits per heavy atom. The number of amides is 1. The van der Waals surface area contributed by atoms with Gasteiger partial charge in [0, 0.05) is 5.56 Å². The number of fused-ring (bicyclic) bond motifs is 1. The highest BCUT2D eigenvalue weighted by Crippen LogP contribution is 2.46. The zero-order valence-electron chi connectivity index (χ0n) is 23.7. The van der Waals surface area contributed by atoms with E-state index in [1.54, 1.807) is 49.6 Å². The Labute approximate surface area is 252 Å².